The average molecular weight is 344 g/mol. The van der Waals surface area contributed by atoms with E-state index >= 15 is 0 Å². The molecule has 0 spiro atoms. The molecule has 0 fully saturated rings. The number of halogens is 4. The van der Waals surface area contributed by atoms with Crippen molar-refractivity contribution in [3.63, 3.8) is 0 Å². The van der Waals surface area contributed by atoms with E-state index in [0.717, 1.165) is 24.0 Å². The predicted octanol–water partition coefficient (Wildman–Crippen LogP) is 4.36. The standard InChI is InChI=1S/C15H12F4N2OS/c1-9(14(22)21-12-5-3-11(16)4-6-12)23-13-7-2-10(8-20-13)15(17,18)19/h2-9H,1H3,(H,21,22)/t9-/m0/s1. The maximum Gasteiger partial charge on any atom is 0.417 e. The smallest absolute Gasteiger partial charge is 0.325 e. The topological polar surface area (TPSA) is 42.0 Å². The molecule has 1 atom stereocenters. The second-order valence-electron chi connectivity index (χ2n) is 4.64. The number of amides is 1. The van der Waals surface area contributed by atoms with Crippen molar-refractivity contribution >= 4 is 23.4 Å². The van der Waals surface area contributed by atoms with Gasteiger partial charge in [-0.1, -0.05) is 11.8 Å². The summed E-state index contributed by atoms with van der Waals surface area (Å²) in [5, 5.41) is 2.32. The van der Waals surface area contributed by atoms with Crippen LogP contribution in [-0.4, -0.2) is 16.1 Å². The lowest BCUT2D eigenvalue weighted by Crippen LogP contribution is -2.22. The fourth-order valence-electron chi connectivity index (χ4n) is 1.63. The molecule has 0 aliphatic carbocycles. The van der Waals surface area contributed by atoms with Gasteiger partial charge in [0.25, 0.3) is 0 Å². The highest BCUT2D eigenvalue weighted by atomic mass is 32.2. The number of hydrogen-bond acceptors (Lipinski definition) is 3. The number of aromatic nitrogens is 1. The van der Waals surface area contributed by atoms with Crippen molar-refractivity contribution in [1.82, 2.24) is 4.98 Å². The fraction of sp³-hybridized carbons (Fsp3) is 0.200. The van der Waals surface area contributed by atoms with Gasteiger partial charge in [-0.15, -0.1) is 0 Å². The van der Waals surface area contributed by atoms with Crippen LogP contribution < -0.4 is 5.32 Å². The van der Waals surface area contributed by atoms with E-state index in [1.165, 1.54) is 30.3 Å². The molecule has 0 aliphatic heterocycles. The Bertz CT molecular complexity index is 671. The van der Waals surface area contributed by atoms with Crippen LogP contribution in [0.1, 0.15) is 12.5 Å². The number of carbonyl (C=O) groups excluding carboxylic acids is 1. The van der Waals surface area contributed by atoms with Gasteiger partial charge in [-0.25, -0.2) is 9.37 Å². The third-order valence-electron chi connectivity index (χ3n) is 2.84. The first-order valence-electron chi connectivity index (χ1n) is 6.52. The Morgan fingerprint density at radius 3 is 2.35 bits per heavy atom. The average Bonchev–Trinajstić information content (AvgIpc) is 2.49. The number of anilines is 1. The van der Waals surface area contributed by atoms with E-state index < -0.39 is 22.8 Å². The fourth-order valence-corrected chi connectivity index (χ4v) is 2.42. The molecule has 1 aromatic heterocycles. The molecular formula is C15H12F4N2OS. The molecule has 0 radical (unpaired) electrons. The highest BCUT2D eigenvalue weighted by Crippen LogP contribution is 2.30. The molecule has 2 rings (SSSR count). The Hall–Kier alpha value is -2.09. The molecule has 0 bridgehead atoms. The van der Waals surface area contributed by atoms with Crippen LogP contribution in [0, 0.1) is 5.82 Å². The Labute approximate surface area is 134 Å². The molecule has 2 aromatic rings. The van der Waals surface area contributed by atoms with Gasteiger partial charge in [0.2, 0.25) is 5.91 Å². The number of nitrogens with zero attached hydrogens (tertiary/aromatic N) is 1. The summed E-state index contributed by atoms with van der Waals surface area (Å²) in [6.45, 7) is 1.60. The van der Waals surface area contributed by atoms with Gasteiger partial charge in [0, 0.05) is 11.9 Å². The zero-order chi connectivity index (χ0) is 17.0. The molecule has 0 saturated carbocycles. The summed E-state index contributed by atoms with van der Waals surface area (Å²) >= 11 is 1.03. The maximum absolute atomic E-state index is 12.8. The van der Waals surface area contributed by atoms with E-state index in [-0.39, 0.29) is 5.91 Å². The number of nitrogens with one attached hydrogen (secondary N) is 1. The predicted molar refractivity (Wildman–Crippen MR) is 79.6 cm³/mol. The number of hydrogen-bond donors (Lipinski definition) is 1. The van der Waals surface area contributed by atoms with E-state index in [1.54, 1.807) is 6.92 Å². The van der Waals surface area contributed by atoms with E-state index in [2.05, 4.69) is 10.3 Å². The van der Waals surface area contributed by atoms with E-state index in [4.69, 9.17) is 0 Å². The minimum absolute atomic E-state index is 0.305. The lowest BCUT2D eigenvalue weighted by atomic mass is 10.3. The molecule has 3 nitrogen and oxygen atoms in total. The molecule has 8 heteroatoms. The van der Waals surface area contributed by atoms with Crippen LogP contribution in [0.25, 0.3) is 0 Å². The van der Waals surface area contributed by atoms with Crippen LogP contribution in [0.4, 0.5) is 23.2 Å². The highest BCUT2D eigenvalue weighted by molar-refractivity contribution is 8.00. The molecule has 0 saturated heterocycles. The van der Waals surface area contributed by atoms with Crippen molar-refractivity contribution in [3.05, 3.63) is 54.0 Å². The van der Waals surface area contributed by atoms with Gasteiger partial charge in [0.15, 0.2) is 0 Å². The Morgan fingerprint density at radius 1 is 1.17 bits per heavy atom. The number of carbonyl (C=O) groups is 1. The van der Waals surface area contributed by atoms with Crippen LogP contribution >= 0.6 is 11.8 Å². The zero-order valence-electron chi connectivity index (χ0n) is 11.9. The zero-order valence-corrected chi connectivity index (χ0v) is 12.7. The molecular weight excluding hydrogens is 332 g/mol. The van der Waals surface area contributed by atoms with Crippen LogP contribution in [0.15, 0.2) is 47.6 Å². The van der Waals surface area contributed by atoms with Crippen molar-refractivity contribution in [2.24, 2.45) is 0 Å². The number of rotatable bonds is 4. The van der Waals surface area contributed by atoms with E-state index in [0.29, 0.717) is 10.7 Å². The van der Waals surface area contributed by atoms with Gasteiger partial charge in [-0.2, -0.15) is 13.2 Å². The van der Waals surface area contributed by atoms with Crippen molar-refractivity contribution in [1.29, 1.82) is 0 Å². The minimum Gasteiger partial charge on any atom is -0.325 e. The lowest BCUT2D eigenvalue weighted by Gasteiger charge is -2.12. The van der Waals surface area contributed by atoms with E-state index in [9.17, 15) is 22.4 Å². The Kier molecular flexibility index (Phi) is 5.25. The summed E-state index contributed by atoms with van der Waals surface area (Å²) in [6, 6.07) is 7.40. The highest BCUT2D eigenvalue weighted by Gasteiger charge is 2.30. The molecule has 122 valence electrons. The first kappa shape index (κ1) is 17.3. The quantitative estimate of drug-likeness (QED) is 0.662. The van der Waals surface area contributed by atoms with Gasteiger partial charge in [-0.3, -0.25) is 4.79 Å². The number of thioether (sulfide) groups is 1. The van der Waals surface area contributed by atoms with Crippen LogP contribution in [0.2, 0.25) is 0 Å². The Balaban J connectivity index is 1.96. The van der Waals surface area contributed by atoms with Gasteiger partial charge in [0.1, 0.15) is 5.82 Å². The van der Waals surface area contributed by atoms with Gasteiger partial charge < -0.3 is 5.32 Å². The SMILES string of the molecule is C[C@H](Sc1ccc(C(F)(F)F)cn1)C(=O)Nc1ccc(F)cc1. The summed E-state index contributed by atoms with van der Waals surface area (Å²) in [5.41, 5.74) is -0.408. The number of benzene rings is 1. The van der Waals surface area contributed by atoms with Crippen LogP contribution in [-0.2, 0) is 11.0 Å². The summed E-state index contributed by atoms with van der Waals surface area (Å²) in [6.07, 6.45) is -3.71. The summed E-state index contributed by atoms with van der Waals surface area (Å²) in [5.74, 6) is -0.775. The third kappa shape index (κ3) is 4.95. The largest absolute Gasteiger partial charge is 0.417 e. The third-order valence-corrected chi connectivity index (χ3v) is 3.89. The molecule has 1 amide bonds. The van der Waals surface area contributed by atoms with Crippen molar-refractivity contribution in [3.8, 4) is 0 Å². The minimum atomic E-state index is -4.44. The molecule has 1 N–H and O–H groups in total. The molecule has 1 aromatic carbocycles. The van der Waals surface area contributed by atoms with Crippen LogP contribution in [0.3, 0.4) is 0 Å². The van der Waals surface area contributed by atoms with Gasteiger partial charge in [-0.05, 0) is 43.3 Å². The first-order valence-corrected chi connectivity index (χ1v) is 7.40. The lowest BCUT2D eigenvalue weighted by molar-refractivity contribution is -0.137. The monoisotopic (exact) mass is 344 g/mol. The Morgan fingerprint density at radius 2 is 1.83 bits per heavy atom. The van der Waals surface area contributed by atoms with Crippen molar-refractivity contribution in [2.45, 2.75) is 23.4 Å². The second kappa shape index (κ2) is 6.99. The molecule has 0 aliphatic rings. The van der Waals surface area contributed by atoms with Gasteiger partial charge >= 0.3 is 6.18 Å². The molecule has 0 unspecified atom stereocenters. The van der Waals surface area contributed by atoms with Crippen LogP contribution in [0.5, 0.6) is 0 Å². The van der Waals surface area contributed by atoms with Gasteiger partial charge in [0.05, 0.1) is 15.8 Å². The first-order chi connectivity index (χ1) is 10.8. The van der Waals surface area contributed by atoms with Crippen molar-refractivity contribution < 1.29 is 22.4 Å². The van der Waals surface area contributed by atoms with Crippen molar-refractivity contribution in [2.75, 3.05) is 5.32 Å². The summed E-state index contributed by atoms with van der Waals surface area (Å²) in [4.78, 5) is 15.7. The number of pyridine rings is 1. The molecule has 23 heavy (non-hydrogen) atoms. The molecule has 1 heterocycles. The summed E-state index contributed by atoms with van der Waals surface area (Å²) < 4.78 is 50.1. The summed E-state index contributed by atoms with van der Waals surface area (Å²) in [7, 11) is 0. The second-order valence-corrected chi connectivity index (χ2v) is 6.00. The van der Waals surface area contributed by atoms with E-state index in [1.807, 2.05) is 0 Å². The normalized spacial score (nSPS) is 12.7. The number of alkyl halides is 3. The maximum atomic E-state index is 12.8.